The second-order valence-corrected chi connectivity index (χ2v) is 6.48. The summed E-state index contributed by atoms with van der Waals surface area (Å²) in [6.45, 7) is 6.42. The lowest BCUT2D eigenvalue weighted by Gasteiger charge is -2.26. The molecule has 0 radical (unpaired) electrons. The van der Waals surface area contributed by atoms with E-state index in [1.54, 1.807) is 0 Å². The number of benzene rings is 1. The number of nitrogens with one attached hydrogen (secondary N) is 1. The molecule has 19 heavy (non-hydrogen) atoms. The summed E-state index contributed by atoms with van der Waals surface area (Å²) in [5, 5.41) is 4.26. The van der Waals surface area contributed by atoms with Crippen LogP contribution in [-0.2, 0) is 0 Å². The van der Waals surface area contributed by atoms with Crippen LogP contribution in [0.5, 0.6) is 5.75 Å². The van der Waals surface area contributed by atoms with Crippen LogP contribution in [0.2, 0.25) is 5.02 Å². The van der Waals surface area contributed by atoms with Gasteiger partial charge in [-0.2, -0.15) is 0 Å². The van der Waals surface area contributed by atoms with Crippen molar-refractivity contribution < 1.29 is 4.74 Å². The van der Waals surface area contributed by atoms with Crippen molar-refractivity contribution in [2.45, 2.75) is 39.2 Å². The standard InChI is InChI=1S/C16H22ClNO/c1-10-7-14(17)8-11(2)15(10)19-16(12-3-4-12)13-5-6-18-9-13/h7-8,12-13,16,18H,3-6,9H2,1-2H3/t13-,16?/m0/s1. The average Bonchev–Trinajstić information content (AvgIpc) is 3.03. The molecule has 1 heterocycles. The van der Waals surface area contributed by atoms with Crippen LogP contribution in [-0.4, -0.2) is 19.2 Å². The molecule has 1 aromatic carbocycles. The van der Waals surface area contributed by atoms with E-state index < -0.39 is 0 Å². The van der Waals surface area contributed by atoms with Gasteiger partial charge < -0.3 is 10.1 Å². The molecule has 0 bridgehead atoms. The van der Waals surface area contributed by atoms with Crippen LogP contribution in [0.15, 0.2) is 12.1 Å². The van der Waals surface area contributed by atoms with Gasteiger partial charge in [0.1, 0.15) is 11.9 Å². The van der Waals surface area contributed by atoms with Crippen molar-refractivity contribution in [3.05, 3.63) is 28.3 Å². The minimum atomic E-state index is 0.383. The zero-order valence-corrected chi connectivity index (χ0v) is 12.5. The van der Waals surface area contributed by atoms with Crippen LogP contribution in [0.4, 0.5) is 0 Å². The molecular formula is C16H22ClNO. The Morgan fingerprint density at radius 2 is 1.84 bits per heavy atom. The van der Waals surface area contributed by atoms with Crippen molar-refractivity contribution in [3.8, 4) is 5.75 Å². The molecule has 1 N–H and O–H groups in total. The first-order valence-electron chi connectivity index (χ1n) is 7.29. The fraction of sp³-hybridized carbons (Fsp3) is 0.625. The summed E-state index contributed by atoms with van der Waals surface area (Å²) in [5.74, 6) is 2.48. The number of halogens is 1. The topological polar surface area (TPSA) is 21.3 Å². The van der Waals surface area contributed by atoms with E-state index in [4.69, 9.17) is 16.3 Å². The van der Waals surface area contributed by atoms with Gasteiger partial charge in [-0.05, 0) is 68.8 Å². The van der Waals surface area contributed by atoms with Crippen LogP contribution >= 0.6 is 11.6 Å². The van der Waals surface area contributed by atoms with Crippen molar-refractivity contribution in [3.63, 3.8) is 0 Å². The quantitative estimate of drug-likeness (QED) is 0.907. The molecule has 3 heteroatoms. The summed E-state index contributed by atoms with van der Waals surface area (Å²) in [6, 6.07) is 4.00. The van der Waals surface area contributed by atoms with Gasteiger partial charge in [-0.1, -0.05) is 11.6 Å². The minimum Gasteiger partial charge on any atom is -0.489 e. The normalized spacial score (nSPS) is 24.5. The van der Waals surface area contributed by atoms with Gasteiger partial charge in [0.25, 0.3) is 0 Å². The van der Waals surface area contributed by atoms with Crippen LogP contribution in [0, 0.1) is 25.7 Å². The van der Waals surface area contributed by atoms with Crippen LogP contribution in [0.25, 0.3) is 0 Å². The highest BCUT2D eigenvalue weighted by molar-refractivity contribution is 6.30. The number of hydrogen-bond donors (Lipinski definition) is 1. The van der Waals surface area contributed by atoms with Crippen LogP contribution in [0.3, 0.4) is 0 Å². The van der Waals surface area contributed by atoms with Crippen molar-refractivity contribution in [1.29, 1.82) is 0 Å². The van der Waals surface area contributed by atoms with Gasteiger partial charge >= 0.3 is 0 Å². The summed E-state index contributed by atoms with van der Waals surface area (Å²) >= 11 is 6.10. The SMILES string of the molecule is Cc1cc(Cl)cc(C)c1OC(C1CC1)[C@H]1CCNC1. The highest BCUT2D eigenvalue weighted by atomic mass is 35.5. The predicted octanol–water partition coefficient (Wildman–Crippen LogP) is 3.72. The van der Waals surface area contributed by atoms with Gasteiger partial charge in [0.2, 0.25) is 0 Å². The average molecular weight is 280 g/mol. The second kappa shape index (κ2) is 5.34. The van der Waals surface area contributed by atoms with Gasteiger partial charge in [0.05, 0.1) is 0 Å². The number of rotatable bonds is 4. The lowest BCUT2D eigenvalue weighted by molar-refractivity contribution is 0.119. The Kier molecular flexibility index (Phi) is 3.72. The van der Waals surface area contributed by atoms with Gasteiger partial charge in [0, 0.05) is 17.5 Å². The van der Waals surface area contributed by atoms with Gasteiger partial charge in [-0.15, -0.1) is 0 Å². The lowest BCUT2D eigenvalue weighted by atomic mass is 9.97. The lowest BCUT2D eigenvalue weighted by Crippen LogP contribution is -2.31. The Morgan fingerprint density at radius 1 is 1.16 bits per heavy atom. The van der Waals surface area contributed by atoms with E-state index in [0.29, 0.717) is 12.0 Å². The third kappa shape index (κ3) is 2.90. The highest BCUT2D eigenvalue weighted by Crippen LogP contribution is 2.41. The molecule has 3 rings (SSSR count). The minimum absolute atomic E-state index is 0.383. The van der Waals surface area contributed by atoms with Crippen molar-refractivity contribution in [1.82, 2.24) is 5.32 Å². The summed E-state index contributed by atoms with van der Waals surface area (Å²) in [4.78, 5) is 0. The third-order valence-electron chi connectivity index (χ3n) is 4.33. The van der Waals surface area contributed by atoms with E-state index in [0.717, 1.165) is 40.9 Å². The Labute approximate surface area is 120 Å². The van der Waals surface area contributed by atoms with Crippen LogP contribution in [0.1, 0.15) is 30.4 Å². The van der Waals surface area contributed by atoms with Crippen LogP contribution < -0.4 is 10.1 Å². The molecule has 2 atom stereocenters. The summed E-state index contributed by atoms with van der Waals surface area (Å²) in [5.41, 5.74) is 2.31. The van der Waals surface area contributed by atoms with Gasteiger partial charge in [0.15, 0.2) is 0 Å². The molecule has 1 aromatic rings. The van der Waals surface area contributed by atoms with E-state index in [-0.39, 0.29) is 0 Å². The Balaban J connectivity index is 1.81. The first-order chi connectivity index (χ1) is 9.15. The predicted molar refractivity (Wildman–Crippen MR) is 79.0 cm³/mol. The van der Waals surface area contributed by atoms with Crippen molar-refractivity contribution >= 4 is 11.6 Å². The smallest absolute Gasteiger partial charge is 0.125 e. The Morgan fingerprint density at radius 3 is 2.37 bits per heavy atom. The molecule has 2 aliphatic rings. The number of aryl methyl sites for hydroxylation is 2. The first-order valence-corrected chi connectivity index (χ1v) is 7.67. The van der Waals surface area contributed by atoms with E-state index in [9.17, 15) is 0 Å². The third-order valence-corrected chi connectivity index (χ3v) is 4.55. The Hall–Kier alpha value is -0.730. The molecule has 1 aliphatic heterocycles. The number of hydrogen-bond acceptors (Lipinski definition) is 2. The zero-order chi connectivity index (χ0) is 13.4. The monoisotopic (exact) mass is 279 g/mol. The maximum atomic E-state index is 6.44. The fourth-order valence-corrected chi connectivity index (χ4v) is 3.51. The Bertz CT molecular complexity index is 441. The zero-order valence-electron chi connectivity index (χ0n) is 11.7. The molecule has 0 aromatic heterocycles. The molecule has 1 saturated heterocycles. The second-order valence-electron chi connectivity index (χ2n) is 6.04. The maximum absolute atomic E-state index is 6.44. The van der Waals surface area contributed by atoms with E-state index >= 15 is 0 Å². The molecule has 104 valence electrons. The fourth-order valence-electron chi connectivity index (χ4n) is 3.18. The molecule has 1 aliphatic carbocycles. The van der Waals surface area contributed by atoms with E-state index in [1.807, 2.05) is 12.1 Å². The summed E-state index contributed by atoms with van der Waals surface area (Å²) in [6.07, 6.45) is 4.28. The van der Waals surface area contributed by atoms with Gasteiger partial charge in [-0.25, -0.2) is 0 Å². The molecule has 2 nitrogen and oxygen atoms in total. The maximum Gasteiger partial charge on any atom is 0.125 e. The number of ether oxygens (including phenoxy) is 1. The van der Waals surface area contributed by atoms with Crippen molar-refractivity contribution in [2.75, 3.05) is 13.1 Å². The first kappa shape index (κ1) is 13.3. The van der Waals surface area contributed by atoms with Gasteiger partial charge in [-0.3, -0.25) is 0 Å². The molecule has 2 fully saturated rings. The van der Waals surface area contributed by atoms with E-state index in [1.165, 1.54) is 19.3 Å². The molecule has 0 spiro atoms. The molecule has 1 unspecified atom stereocenters. The largest absolute Gasteiger partial charge is 0.489 e. The summed E-state index contributed by atoms with van der Waals surface area (Å²) in [7, 11) is 0. The molecule has 0 amide bonds. The van der Waals surface area contributed by atoms with Crippen molar-refractivity contribution in [2.24, 2.45) is 11.8 Å². The highest BCUT2D eigenvalue weighted by Gasteiger charge is 2.39. The summed E-state index contributed by atoms with van der Waals surface area (Å²) < 4.78 is 6.44. The molecule has 1 saturated carbocycles. The molecular weight excluding hydrogens is 258 g/mol. The van der Waals surface area contributed by atoms with E-state index in [2.05, 4.69) is 19.2 Å².